The van der Waals surface area contributed by atoms with Crippen LogP contribution in [-0.2, 0) is 23.0 Å². The lowest BCUT2D eigenvalue weighted by Gasteiger charge is -2.29. The predicted molar refractivity (Wildman–Crippen MR) is 97.3 cm³/mol. The molecule has 0 aliphatic carbocycles. The van der Waals surface area contributed by atoms with Crippen molar-refractivity contribution in [2.24, 2.45) is 0 Å². The van der Waals surface area contributed by atoms with Gasteiger partial charge in [-0.15, -0.1) is 0 Å². The van der Waals surface area contributed by atoms with E-state index in [0.29, 0.717) is 24.5 Å². The van der Waals surface area contributed by atoms with Gasteiger partial charge >= 0.3 is 0 Å². The Labute approximate surface area is 157 Å². The average Bonchev–Trinajstić information content (AvgIpc) is 2.59. The molecule has 0 bridgehead atoms. The topological polar surface area (TPSA) is 55.8 Å². The molecule has 2 aromatic rings. The fourth-order valence-corrected chi connectivity index (χ4v) is 5.43. The number of rotatable bonds is 4. The van der Waals surface area contributed by atoms with Crippen molar-refractivity contribution >= 4 is 33.2 Å². The van der Waals surface area contributed by atoms with E-state index < -0.39 is 10.0 Å². The van der Waals surface area contributed by atoms with Crippen LogP contribution in [0.4, 0.5) is 0 Å². The van der Waals surface area contributed by atoms with Crippen LogP contribution in [-0.4, -0.2) is 33.5 Å². The molecule has 1 aliphatic heterocycles. The summed E-state index contributed by atoms with van der Waals surface area (Å²) >= 11 is 12.2. The lowest BCUT2D eigenvalue weighted by molar-refractivity contribution is 0.348. The predicted octanol–water partition coefficient (Wildman–Crippen LogP) is 3.76. The Morgan fingerprint density at radius 1 is 1.00 bits per heavy atom. The molecule has 1 heterocycles. The van der Waals surface area contributed by atoms with Crippen LogP contribution >= 0.6 is 23.2 Å². The first-order valence-corrected chi connectivity index (χ1v) is 9.76. The molecule has 0 radical (unpaired) electrons. The minimum atomic E-state index is -3.80. The highest BCUT2D eigenvalue weighted by Gasteiger charge is 2.32. The number of hydrogen-bond acceptors (Lipinski definition) is 4. The Balaban J connectivity index is 2.00. The van der Waals surface area contributed by atoms with Crippen molar-refractivity contribution in [1.29, 1.82) is 0 Å². The molecule has 0 saturated heterocycles. The third-order valence-electron chi connectivity index (χ3n) is 4.20. The van der Waals surface area contributed by atoms with E-state index >= 15 is 0 Å². The summed E-state index contributed by atoms with van der Waals surface area (Å²) in [6.07, 6.45) is 0.566. The minimum Gasteiger partial charge on any atom is -0.493 e. The van der Waals surface area contributed by atoms with E-state index in [1.54, 1.807) is 20.3 Å². The van der Waals surface area contributed by atoms with E-state index in [9.17, 15) is 8.42 Å². The van der Waals surface area contributed by atoms with Crippen molar-refractivity contribution in [2.75, 3.05) is 20.8 Å². The van der Waals surface area contributed by atoms with Crippen molar-refractivity contribution in [3.05, 3.63) is 51.5 Å². The van der Waals surface area contributed by atoms with Gasteiger partial charge in [0.05, 0.1) is 24.3 Å². The summed E-state index contributed by atoms with van der Waals surface area (Å²) in [5.41, 5.74) is 1.91. The smallest absolute Gasteiger partial charge is 0.246 e. The number of methoxy groups -OCH3 is 2. The Kier molecular flexibility index (Phi) is 5.16. The second-order valence-electron chi connectivity index (χ2n) is 5.62. The number of benzene rings is 2. The molecule has 2 aromatic carbocycles. The van der Waals surface area contributed by atoms with Gasteiger partial charge in [0.15, 0.2) is 11.5 Å². The third-order valence-corrected chi connectivity index (χ3v) is 7.00. The highest BCUT2D eigenvalue weighted by atomic mass is 35.5. The Morgan fingerprint density at radius 2 is 1.56 bits per heavy atom. The molecular formula is C17H17Cl2NO4S. The molecule has 0 atom stereocenters. The van der Waals surface area contributed by atoms with Gasteiger partial charge in [-0.2, -0.15) is 4.31 Å². The van der Waals surface area contributed by atoms with E-state index in [-0.39, 0.29) is 21.5 Å². The molecule has 0 saturated carbocycles. The van der Waals surface area contributed by atoms with Crippen LogP contribution in [0.15, 0.2) is 35.2 Å². The largest absolute Gasteiger partial charge is 0.493 e. The van der Waals surface area contributed by atoms with Crippen LogP contribution in [0.1, 0.15) is 11.1 Å². The average molecular weight is 402 g/mol. The summed E-state index contributed by atoms with van der Waals surface area (Å²) in [6, 6.07) is 8.36. The van der Waals surface area contributed by atoms with E-state index in [2.05, 4.69) is 0 Å². The first kappa shape index (κ1) is 18.3. The number of fused-ring (bicyclic) bond motifs is 1. The first-order valence-electron chi connectivity index (χ1n) is 7.56. The Hall–Kier alpha value is -1.47. The van der Waals surface area contributed by atoms with Crippen molar-refractivity contribution in [3.8, 4) is 11.5 Å². The molecule has 134 valence electrons. The van der Waals surface area contributed by atoms with Crippen molar-refractivity contribution in [2.45, 2.75) is 17.9 Å². The van der Waals surface area contributed by atoms with Crippen molar-refractivity contribution in [1.82, 2.24) is 4.31 Å². The standard InChI is InChI=1S/C17H17Cl2NO4S/c1-23-15-8-11-6-7-20(10-12(11)9-16(15)24-2)25(21,22)17-13(18)4-3-5-14(17)19/h3-5,8-9H,6-7,10H2,1-2H3. The van der Waals surface area contributed by atoms with Gasteiger partial charge in [-0.05, 0) is 41.8 Å². The van der Waals surface area contributed by atoms with Crippen LogP contribution < -0.4 is 9.47 Å². The zero-order valence-electron chi connectivity index (χ0n) is 13.8. The number of nitrogens with zero attached hydrogens (tertiary/aromatic N) is 1. The van der Waals surface area contributed by atoms with Gasteiger partial charge in [-0.1, -0.05) is 29.3 Å². The zero-order valence-corrected chi connectivity index (χ0v) is 16.1. The second kappa shape index (κ2) is 7.03. The summed E-state index contributed by atoms with van der Waals surface area (Å²) in [5, 5.41) is 0.233. The molecule has 5 nitrogen and oxygen atoms in total. The maximum Gasteiger partial charge on any atom is 0.246 e. The SMILES string of the molecule is COc1cc2c(cc1OC)CN(S(=O)(=O)c1c(Cl)cccc1Cl)CC2. The Bertz CT molecular complexity index is 895. The van der Waals surface area contributed by atoms with Gasteiger partial charge in [0.2, 0.25) is 10.0 Å². The van der Waals surface area contributed by atoms with Crippen LogP contribution in [0.25, 0.3) is 0 Å². The van der Waals surface area contributed by atoms with Gasteiger partial charge < -0.3 is 9.47 Å². The van der Waals surface area contributed by atoms with E-state index in [0.717, 1.165) is 11.1 Å². The number of sulfonamides is 1. The number of hydrogen-bond donors (Lipinski definition) is 0. The molecule has 0 fully saturated rings. The third kappa shape index (κ3) is 3.31. The van der Waals surface area contributed by atoms with E-state index in [4.69, 9.17) is 32.7 Å². The van der Waals surface area contributed by atoms with Crippen LogP contribution in [0.2, 0.25) is 10.0 Å². The zero-order chi connectivity index (χ0) is 18.2. The fraction of sp³-hybridized carbons (Fsp3) is 0.294. The molecule has 3 rings (SSSR count). The maximum absolute atomic E-state index is 13.0. The highest BCUT2D eigenvalue weighted by molar-refractivity contribution is 7.89. The maximum atomic E-state index is 13.0. The van der Waals surface area contributed by atoms with Gasteiger partial charge in [-0.3, -0.25) is 0 Å². The molecule has 0 N–H and O–H groups in total. The summed E-state index contributed by atoms with van der Waals surface area (Å²) in [5.74, 6) is 1.20. The van der Waals surface area contributed by atoms with Crippen LogP contribution in [0, 0.1) is 0 Å². The summed E-state index contributed by atoms with van der Waals surface area (Å²) in [7, 11) is -0.685. The summed E-state index contributed by atoms with van der Waals surface area (Å²) in [6.45, 7) is 0.561. The molecule has 0 amide bonds. The van der Waals surface area contributed by atoms with Gasteiger partial charge in [0.25, 0.3) is 0 Å². The summed E-state index contributed by atoms with van der Waals surface area (Å²) in [4.78, 5) is -0.0535. The minimum absolute atomic E-state index is 0.0535. The van der Waals surface area contributed by atoms with E-state index in [1.807, 2.05) is 12.1 Å². The second-order valence-corrected chi connectivity index (χ2v) is 8.30. The van der Waals surface area contributed by atoms with Crippen molar-refractivity contribution in [3.63, 3.8) is 0 Å². The highest BCUT2D eigenvalue weighted by Crippen LogP contribution is 2.37. The van der Waals surface area contributed by atoms with Gasteiger partial charge in [0, 0.05) is 13.1 Å². The fourth-order valence-electron chi connectivity index (χ4n) is 2.92. The van der Waals surface area contributed by atoms with E-state index in [1.165, 1.54) is 16.4 Å². The lowest BCUT2D eigenvalue weighted by atomic mass is 10.0. The number of halogens is 2. The van der Waals surface area contributed by atoms with Crippen LogP contribution in [0.5, 0.6) is 11.5 Å². The summed E-state index contributed by atoms with van der Waals surface area (Å²) < 4.78 is 38.0. The molecule has 0 spiro atoms. The lowest BCUT2D eigenvalue weighted by Crippen LogP contribution is -2.36. The van der Waals surface area contributed by atoms with Gasteiger partial charge in [0.1, 0.15) is 4.90 Å². The Morgan fingerprint density at radius 3 is 2.12 bits per heavy atom. The molecule has 0 unspecified atom stereocenters. The molecule has 1 aliphatic rings. The quantitative estimate of drug-likeness (QED) is 0.782. The van der Waals surface area contributed by atoms with Crippen LogP contribution in [0.3, 0.4) is 0 Å². The van der Waals surface area contributed by atoms with Gasteiger partial charge in [-0.25, -0.2) is 8.42 Å². The molecule has 8 heteroatoms. The number of ether oxygens (including phenoxy) is 2. The normalized spacial score (nSPS) is 14.9. The first-order chi connectivity index (χ1) is 11.9. The van der Waals surface area contributed by atoms with Crippen molar-refractivity contribution < 1.29 is 17.9 Å². The monoisotopic (exact) mass is 401 g/mol. The molecule has 25 heavy (non-hydrogen) atoms. The molecular weight excluding hydrogens is 385 g/mol. The molecule has 0 aromatic heterocycles.